The van der Waals surface area contributed by atoms with Crippen LogP contribution in [-0.2, 0) is 9.53 Å². The molecular weight excluding hydrogens is 513 g/mol. The Morgan fingerprint density at radius 3 is 2.50 bits per heavy atom. The molecule has 2 atom stereocenters. The van der Waals surface area contributed by atoms with Crippen LogP contribution in [0, 0.1) is 5.82 Å². The monoisotopic (exact) mass is 541 g/mol. The number of rotatable bonds is 10. The molecule has 2 aromatic carbocycles. The van der Waals surface area contributed by atoms with Gasteiger partial charge in [-0.25, -0.2) is 4.39 Å². The Kier molecular flexibility index (Phi) is 8.54. The molecule has 5 N–H and O–H groups in total. The zero-order valence-electron chi connectivity index (χ0n) is 20.7. The minimum atomic E-state index is -1.22. The lowest BCUT2D eigenvalue weighted by molar-refractivity contribution is -0.123. The van der Waals surface area contributed by atoms with E-state index in [0.29, 0.717) is 41.7 Å². The third kappa shape index (κ3) is 5.92. The molecule has 1 saturated heterocycles. The maximum atomic E-state index is 14.0. The van der Waals surface area contributed by atoms with E-state index >= 15 is 0 Å². The number of carbonyl (C=O) groups excluding carboxylic acids is 3. The summed E-state index contributed by atoms with van der Waals surface area (Å²) >= 11 is 0.704. The molecule has 200 valence electrons. The van der Waals surface area contributed by atoms with Crippen molar-refractivity contribution in [3.8, 4) is 5.75 Å². The Morgan fingerprint density at radius 1 is 1.21 bits per heavy atom. The normalized spacial score (nSPS) is 15.6. The summed E-state index contributed by atoms with van der Waals surface area (Å²) in [4.78, 5) is 40.6. The molecule has 3 amide bonds. The van der Waals surface area contributed by atoms with Crippen LogP contribution in [-0.4, -0.2) is 48.0 Å². The molecule has 12 heteroatoms. The van der Waals surface area contributed by atoms with Crippen molar-refractivity contribution < 1.29 is 28.2 Å². The van der Waals surface area contributed by atoms with Crippen LogP contribution in [0.3, 0.4) is 0 Å². The second-order valence-electron chi connectivity index (χ2n) is 8.57. The fraction of sp³-hybridized carbons (Fsp3) is 0.308. The van der Waals surface area contributed by atoms with Crippen LogP contribution in [0.25, 0.3) is 0 Å². The topological polar surface area (TPSA) is 150 Å². The number of hydrogen-bond donors (Lipinski definition) is 3. The number of halogens is 1. The summed E-state index contributed by atoms with van der Waals surface area (Å²) in [6, 6.07) is 10.6. The van der Waals surface area contributed by atoms with Gasteiger partial charge in [0, 0.05) is 18.8 Å². The first-order valence-corrected chi connectivity index (χ1v) is 12.8. The summed E-state index contributed by atoms with van der Waals surface area (Å²) in [7, 11) is 0. The predicted octanol–water partition coefficient (Wildman–Crippen LogP) is 3.05. The van der Waals surface area contributed by atoms with Gasteiger partial charge in [0.05, 0.1) is 18.4 Å². The highest BCUT2D eigenvalue weighted by Gasteiger charge is 2.36. The number of primary amides is 1. The Morgan fingerprint density at radius 2 is 1.92 bits per heavy atom. The smallest absolute Gasteiger partial charge is 0.273 e. The Hall–Kier alpha value is -4.03. The Bertz CT molecular complexity index is 1290. The van der Waals surface area contributed by atoms with Crippen LogP contribution in [0.15, 0.2) is 48.5 Å². The van der Waals surface area contributed by atoms with Gasteiger partial charge in [0.2, 0.25) is 5.91 Å². The lowest BCUT2D eigenvalue weighted by Crippen LogP contribution is -2.45. The van der Waals surface area contributed by atoms with Gasteiger partial charge in [-0.15, -0.1) is 0 Å². The van der Waals surface area contributed by atoms with Crippen molar-refractivity contribution in [2.45, 2.75) is 31.9 Å². The van der Waals surface area contributed by atoms with E-state index < -0.39 is 29.6 Å². The van der Waals surface area contributed by atoms with E-state index in [4.69, 9.17) is 20.9 Å². The van der Waals surface area contributed by atoms with Crippen molar-refractivity contribution in [3.63, 3.8) is 0 Å². The first-order chi connectivity index (χ1) is 18.3. The number of ether oxygens (including phenoxy) is 2. The fourth-order valence-electron chi connectivity index (χ4n) is 4.17. The average molecular weight is 542 g/mol. The zero-order chi connectivity index (χ0) is 27.2. The molecule has 0 saturated carbocycles. The maximum absolute atomic E-state index is 14.0. The Balaban J connectivity index is 1.80. The molecule has 38 heavy (non-hydrogen) atoms. The van der Waals surface area contributed by atoms with Crippen molar-refractivity contribution >= 4 is 40.6 Å². The SMILES string of the molecule is CCOc1ccc(N(C(=O)c2snc(C(N)=O)c2N)[C@@H](C(=O)NC[C@@H]2CCCO2)c2ccc(F)cc2)cc1. The van der Waals surface area contributed by atoms with Crippen LogP contribution in [0.4, 0.5) is 15.8 Å². The summed E-state index contributed by atoms with van der Waals surface area (Å²) in [5, 5.41) is 2.87. The van der Waals surface area contributed by atoms with E-state index in [1.807, 2.05) is 6.92 Å². The van der Waals surface area contributed by atoms with Gasteiger partial charge in [0.1, 0.15) is 22.5 Å². The lowest BCUT2D eigenvalue weighted by atomic mass is 10.0. The van der Waals surface area contributed by atoms with Gasteiger partial charge in [0.15, 0.2) is 5.69 Å². The van der Waals surface area contributed by atoms with Gasteiger partial charge >= 0.3 is 0 Å². The van der Waals surface area contributed by atoms with Crippen molar-refractivity contribution in [1.82, 2.24) is 9.69 Å². The molecule has 0 spiro atoms. The first kappa shape index (κ1) is 27.0. The number of hydrogen-bond acceptors (Lipinski definition) is 8. The van der Waals surface area contributed by atoms with Crippen molar-refractivity contribution in [2.75, 3.05) is 30.4 Å². The first-order valence-electron chi connectivity index (χ1n) is 12.1. The van der Waals surface area contributed by atoms with Crippen molar-refractivity contribution in [1.29, 1.82) is 0 Å². The van der Waals surface area contributed by atoms with Gasteiger partial charge in [-0.3, -0.25) is 19.3 Å². The third-order valence-electron chi connectivity index (χ3n) is 6.02. The predicted molar refractivity (Wildman–Crippen MR) is 141 cm³/mol. The third-order valence-corrected chi connectivity index (χ3v) is 6.87. The number of nitrogens with one attached hydrogen (secondary N) is 1. The zero-order valence-corrected chi connectivity index (χ0v) is 21.5. The highest BCUT2D eigenvalue weighted by Crippen LogP contribution is 2.34. The van der Waals surface area contributed by atoms with Gasteiger partial charge in [-0.1, -0.05) is 12.1 Å². The molecule has 1 aromatic heterocycles. The van der Waals surface area contributed by atoms with Crippen LogP contribution in [0.1, 0.15) is 51.5 Å². The lowest BCUT2D eigenvalue weighted by Gasteiger charge is -2.31. The molecule has 1 aliphatic heterocycles. The number of amides is 3. The van der Waals surface area contributed by atoms with E-state index in [1.54, 1.807) is 24.3 Å². The molecular formula is C26H28FN5O5S. The van der Waals surface area contributed by atoms with Crippen molar-refractivity contribution in [3.05, 3.63) is 70.5 Å². The van der Waals surface area contributed by atoms with E-state index in [-0.39, 0.29) is 28.9 Å². The van der Waals surface area contributed by atoms with Crippen LogP contribution < -0.4 is 26.4 Å². The molecule has 2 heterocycles. The minimum absolute atomic E-state index is 0.0632. The summed E-state index contributed by atoms with van der Waals surface area (Å²) < 4.78 is 28.9. The highest BCUT2D eigenvalue weighted by molar-refractivity contribution is 7.09. The molecule has 0 unspecified atom stereocenters. The van der Waals surface area contributed by atoms with Crippen LogP contribution in [0.2, 0.25) is 0 Å². The van der Waals surface area contributed by atoms with Gasteiger partial charge in [-0.2, -0.15) is 4.37 Å². The molecule has 0 radical (unpaired) electrons. The second-order valence-corrected chi connectivity index (χ2v) is 9.35. The summed E-state index contributed by atoms with van der Waals surface area (Å²) in [6.45, 7) is 3.15. The molecule has 0 bridgehead atoms. The summed E-state index contributed by atoms with van der Waals surface area (Å²) in [5.74, 6) is -2.00. The number of benzene rings is 2. The van der Waals surface area contributed by atoms with Gasteiger partial charge in [-0.05, 0) is 73.3 Å². The summed E-state index contributed by atoms with van der Waals surface area (Å²) in [5.41, 5.74) is 11.7. The number of carbonyl (C=O) groups is 3. The average Bonchev–Trinajstić information content (AvgIpc) is 3.57. The molecule has 1 aliphatic rings. The quantitative estimate of drug-likeness (QED) is 0.357. The second kappa shape index (κ2) is 12.0. The summed E-state index contributed by atoms with van der Waals surface area (Å²) in [6.07, 6.45) is 1.56. The largest absolute Gasteiger partial charge is 0.494 e. The van der Waals surface area contributed by atoms with Gasteiger partial charge < -0.3 is 26.3 Å². The van der Waals surface area contributed by atoms with E-state index in [0.717, 1.165) is 12.8 Å². The number of aromatic nitrogens is 1. The molecule has 0 aliphatic carbocycles. The van der Waals surface area contributed by atoms with E-state index in [9.17, 15) is 18.8 Å². The highest BCUT2D eigenvalue weighted by atomic mass is 32.1. The van der Waals surface area contributed by atoms with Crippen LogP contribution in [0.5, 0.6) is 5.75 Å². The number of nitrogen functional groups attached to an aromatic ring is 1. The van der Waals surface area contributed by atoms with Gasteiger partial charge in [0.25, 0.3) is 11.8 Å². The number of nitrogens with two attached hydrogens (primary N) is 2. The molecule has 1 fully saturated rings. The van der Waals surface area contributed by atoms with Crippen molar-refractivity contribution in [2.24, 2.45) is 5.73 Å². The van der Waals surface area contributed by atoms with E-state index in [1.165, 1.54) is 29.2 Å². The number of anilines is 2. The molecule has 4 rings (SSSR count). The van der Waals surface area contributed by atoms with E-state index in [2.05, 4.69) is 9.69 Å². The standard InChI is InChI=1S/C26H28FN5O5S/c1-2-36-18-11-9-17(10-12-18)32(26(35)23-20(28)21(24(29)33)31-38-23)22(15-5-7-16(27)8-6-15)25(34)30-14-19-4-3-13-37-19/h5-12,19,22H,2-4,13-14,28H2,1H3,(H2,29,33)(H,30,34)/t19-,22+/m0/s1. The fourth-order valence-corrected chi connectivity index (χ4v) is 4.91. The maximum Gasteiger partial charge on any atom is 0.273 e. The molecule has 3 aromatic rings. The van der Waals surface area contributed by atoms with Crippen LogP contribution >= 0.6 is 11.5 Å². The minimum Gasteiger partial charge on any atom is -0.494 e. The Labute approximate surface area is 222 Å². The number of nitrogens with zero attached hydrogens (tertiary/aromatic N) is 2. The molecule has 10 nitrogen and oxygen atoms in total.